The van der Waals surface area contributed by atoms with E-state index in [-0.39, 0.29) is 22.6 Å². The number of thioether (sulfide) groups is 1. The Hall–Kier alpha value is -2.52. The second-order valence-electron chi connectivity index (χ2n) is 6.72. The van der Waals surface area contributed by atoms with E-state index in [1.807, 2.05) is 6.92 Å². The number of nitrogens with zero attached hydrogens (tertiary/aromatic N) is 3. The van der Waals surface area contributed by atoms with Crippen LogP contribution in [0.3, 0.4) is 0 Å². The van der Waals surface area contributed by atoms with Gasteiger partial charge in [0.1, 0.15) is 0 Å². The van der Waals surface area contributed by atoms with Crippen molar-refractivity contribution in [3.8, 4) is 17.1 Å². The van der Waals surface area contributed by atoms with Crippen LogP contribution in [0.15, 0.2) is 53.7 Å². The molecule has 2 aromatic carbocycles. The lowest BCUT2D eigenvalue weighted by Crippen LogP contribution is -2.31. The van der Waals surface area contributed by atoms with Gasteiger partial charge >= 0.3 is 6.18 Å². The van der Waals surface area contributed by atoms with Crippen LogP contribution in [-0.2, 0) is 11.0 Å². The minimum Gasteiger partial charge on any atom is -0.355 e. The highest BCUT2D eigenvalue weighted by Gasteiger charge is 2.31. The lowest BCUT2D eigenvalue weighted by Gasteiger charge is -2.15. The molecule has 0 aliphatic carbocycles. The number of aromatic nitrogens is 3. The predicted molar refractivity (Wildman–Crippen MR) is 115 cm³/mol. The molecule has 1 heterocycles. The number of alkyl halides is 3. The summed E-state index contributed by atoms with van der Waals surface area (Å²) in [6, 6.07) is 11.7. The molecule has 10 heteroatoms. The SMILES string of the molecule is CCCNC(=O)C(C)Sc1nnc(-c2ccccc2Cl)n1-c1cccc(C(F)(F)F)c1. The second-order valence-corrected chi connectivity index (χ2v) is 8.44. The monoisotopic (exact) mass is 468 g/mol. The lowest BCUT2D eigenvalue weighted by atomic mass is 10.1. The number of carbonyl (C=O) groups excluding carboxylic acids is 1. The minimum atomic E-state index is -4.50. The van der Waals surface area contributed by atoms with Gasteiger partial charge in [0.25, 0.3) is 0 Å². The molecular weight excluding hydrogens is 449 g/mol. The van der Waals surface area contributed by atoms with Crippen LogP contribution >= 0.6 is 23.4 Å². The van der Waals surface area contributed by atoms with E-state index in [0.29, 0.717) is 17.1 Å². The number of hydrogen-bond acceptors (Lipinski definition) is 4. The Kier molecular flexibility index (Phi) is 7.27. The molecular formula is C21H20ClF3N4OS. The quantitative estimate of drug-likeness (QED) is 0.458. The summed E-state index contributed by atoms with van der Waals surface area (Å²) in [6.07, 6.45) is -3.71. The summed E-state index contributed by atoms with van der Waals surface area (Å²) < 4.78 is 41.4. The molecule has 0 aliphatic heterocycles. The van der Waals surface area contributed by atoms with E-state index in [0.717, 1.165) is 30.3 Å². The lowest BCUT2D eigenvalue weighted by molar-refractivity contribution is -0.137. The van der Waals surface area contributed by atoms with Crippen LogP contribution in [0, 0.1) is 0 Å². The average molecular weight is 469 g/mol. The Morgan fingerprint density at radius 2 is 1.94 bits per heavy atom. The zero-order valence-corrected chi connectivity index (χ0v) is 18.4. The van der Waals surface area contributed by atoms with Gasteiger partial charge in [-0.15, -0.1) is 10.2 Å². The van der Waals surface area contributed by atoms with Crippen LogP contribution in [0.4, 0.5) is 13.2 Å². The average Bonchev–Trinajstić information content (AvgIpc) is 3.15. The number of halogens is 4. The van der Waals surface area contributed by atoms with Gasteiger partial charge in [0.15, 0.2) is 11.0 Å². The van der Waals surface area contributed by atoms with Gasteiger partial charge in [-0.1, -0.05) is 48.5 Å². The van der Waals surface area contributed by atoms with E-state index in [9.17, 15) is 18.0 Å². The van der Waals surface area contributed by atoms with Crippen LogP contribution in [-0.4, -0.2) is 32.5 Å². The maximum atomic E-state index is 13.3. The molecule has 0 aliphatic rings. The summed E-state index contributed by atoms with van der Waals surface area (Å²) in [5.74, 6) is 0.0957. The first kappa shape index (κ1) is 23.1. The van der Waals surface area contributed by atoms with Crippen LogP contribution in [0.2, 0.25) is 5.02 Å². The third-order valence-corrected chi connectivity index (χ3v) is 5.75. The topological polar surface area (TPSA) is 59.8 Å². The summed E-state index contributed by atoms with van der Waals surface area (Å²) in [5, 5.41) is 11.3. The fraction of sp³-hybridized carbons (Fsp3) is 0.286. The van der Waals surface area contributed by atoms with Gasteiger partial charge in [0, 0.05) is 12.1 Å². The van der Waals surface area contributed by atoms with Crippen molar-refractivity contribution in [2.24, 2.45) is 0 Å². The summed E-state index contributed by atoms with van der Waals surface area (Å²) in [7, 11) is 0. The Morgan fingerprint density at radius 1 is 1.19 bits per heavy atom. The molecule has 0 saturated heterocycles. The Bertz CT molecular complexity index is 1070. The third-order valence-electron chi connectivity index (χ3n) is 4.38. The van der Waals surface area contributed by atoms with Crippen molar-refractivity contribution in [2.45, 2.75) is 36.9 Å². The van der Waals surface area contributed by atoms with Crippen molar-refractivity contribution in [3.63, 3.8) is 0 Å². The molecule has 1 N–H and O–H groups in total. The second kappa shape index (κ2) is 9.74. The van der Waals surface area contributed by atoms with Crippen molar-refractivity contribution in [1.29, 1.82) is 0 Å². The summed E-state index contributed by atoms with van der Waals surface area (Å²) in [5.41, 5.74) is -0.0593. The summed E-state index contributed by atoms with van der Waals surface area (Å²) in [4.78, 5) is 12.3. The molecule has 0 radical (unpaired) electrons. The van der Waals surface area contributed by atoms with Gasteiger partial charge in [-0.2, -0.15) is 13.2 Å². The van der Waals surface area contributed by atoms with Crippen LogP contribution in [0.5, 0.6) is 0 Å². The molecule has 5 nitrogen and oxygen atoms in total. The first-order valence-electron chi connectivity index (χ1n) is 9.54. The first-order chi connectivity index (χ1) is 14.7. The molecule has 0 spiro atoms. The van der Waals surface area contributed by atoms with E-state index in [4.69, 9.17) is 11.6 Å². The Morgan fingerprint density at radius 3 is 2.61 bits per heavy atom. The standard InChI is InChI=1S/C21H20ClF3N4OS/c1-3-11-26-19(30)13(2)31-20-28-27-18(16-9-4-5-10-17(16)22)29(20)15-8-6-7-14(12-15)21(23,24)25/h4-10,12-13H,3,11H2,1-2H3,(H,26,30). The minimum absolute atomic E-state index is 0.190. The van der Waals surface area contributed by atoms with Gasteiger partial charge in [0.2, 0.25) is 5.91 Å². The molecule has 164 valence electrons. The van der Waals surface area contributed by atoms with E-state index in [2.05, 4.69) is 15.5 Å². The molecule has 3 rings (SSSR count). The van der Waals surface area contributed by atoms with Crippen LogP contribution in [0.25, 0.3) is 17.1 Å². The van der Waals surface area contributed by atoms with Crippen LogP contribution < -0.4 is 5.32 Å². The third kappa shape index (κ3) is 5.40. The number of hydrogen-bond donors (Lipinski definition) is 1. The van der Waals surface area contributed by atoms with Crippen molar-refractivity contribution in [1.82, 2.24) is 20.1 Å². The molecule has 0 bridgehead atoms. The van der Waals surface area contributed by atoms with Gasteiger partial charge in [-0.3, -0.25) is 9.36 Å². The fourth-order valence-electron chi connectivity index (χ4n) is 2.82. The molecule has 0 fully saturated rings. The summed E-state index contributed by atoms with van der Waals surface area (Å²) >= 11 is 7.42. The maximum absolute atomic E-state index is 13.3. The van der Waals surface area contributed by atoms with Gasteiger partial charge in [0.05, 0.1) is 21.5 Å². The van der Waals surface area contributed by atoms with Crippen molar-refractivity contribution < 1.29 is 18.0 Å². The molecule has 0 saturated carbocycles. The number of nitrogens with one attached hydrogen (secondary N) is 1. The van der Waals surface area contributed by atoms with E-state index in [1.165, 1.54) is 16.7 Å². The largest absolute Gasteiger partial charge is 0.416 e. The van der Waals surface area contributed by atoms with Gasteiger partial charge < -0.3 is 5.32 Å². The number of rotatable bonds is 7. The zero-order valence-electron chi connectivity index (χ0n) is 16.8. The highest BCUT2D eigenvalue weighted by molar-refractivity contribution is 8.00. The first-order valence-corrected chi connectivity index (χ1v) is 10.8. The van der Waals surface area contributed by atoms with E-state index < -0.39 is 17.0 Å². The normalized spacial score (nSPS) is 12.6. The van der Waals surface area contributed by atoms with Crippen molar-refractivity contribution in [2.75, 3.05) is 6.54 Å². The number of carbonyl (C=O) groups is 1. The highest BCUT2D eigenvalue weighted by atomic mass is 35.5. The predicted octanol–water partition coefficient (Wildman–Crippen LogP) is 5.61. The van der Waals surface area contributed by atoms with Crippen molar-refractivity contribution in [3.05, 3.63) is 59.1 Å². The number of benzene rings is 2. The van der Waals surface area contributed by atoms with Gasteiger partial charge in [-0.05, 0) is 43.7 Å². The molecule has 31 heavy (non-hydrogen) atoms. The molecule has 1 amide bonds. The van der Waals surface area contributed by atoms with Crippen LogP contribution in [0.1, 0.15) is 25.8 Å². The zero-order chi connectivity index (χ0) is 22.6. The van der Waals surface area contributed by atoms with E-state index >= 15 is 0 Å². The smallest absolute Gasteiger partial charge is 0.355 e. The number of amides is 1. The van der Waals surface area contributed by atoms with E-state index in [1.54, 1.807) is 31.2 Å². The molecule has 1 atom stereocenters. The molecule has 1 unspecified atom stereocenters. The van der Waals surface area contributed by atoms with Gasteiger partial charge in [-0.25, -0.2) is 0 Å². The maximum Gasteiger partial charge on any atom is 0.416 e. The Labute approximate surface area is 187 Å². The molecule has 3 aromatic rings. The van der Waals surface area contributed by atoms with Crippen molar-refractivity contribution >= 4 is 29.3 Å². The summed E-state index contributed by atoms with van der Waals surface area (Å²) in [6.45, 7) is 4.18. The Balaban J connectivity index is 2.09. The molecule has 1 aromatic heterocycles. The highest BCUT2D eigenvalue weighted by Crippen LogP contribution is 2.35. The fourth-order valence-corrected chi connectivity index (χ4v) is 3.93.